The summed E-state index contributed by atoms with van der Waals surface area (Å²) in [6.07, 6.45) is 1.74. The van der Waals surface area contributed by atoms with Crippen molar-refractivity contribution in [3.05, 3.63) is 70.0 Å². The van der Waals surface area contributed by atoms with Crippen molar-refractivity contribution in [1.29, 1.82) is 0 Å². The fourth-order valence-electron chi connectivity index (χ4n) is 2.11. The summed E-state index contributed by atoms with van der Waals surface area (Å²) >= 11 is 5.93. The van der Waals surface area contributed by atoms with E-state index in [2.05, 4.69) is 0 Å². The number of anilines is 1. The van der Waals surface area contributed by atoms with Crippen molar-refractivity contribution in [3.8, 4) is 5.69 Å². The van der Waals surface area contributed by atoms with Gasteiger partial charge in [0, 0.05) is 23.3 Å². The summed E-state index contributed by atoms with van der Waals surface area (Å²) in [6.45, 7) is 0. The maximum atomic E-state index is 11.8. The first kappa shape index (κ1) is 11.8. The van der Waals surface area contributed by atoms with Gasteiger partial charge in [0.1, 0.15) is 0 Å². The molecule has 1 aromatic heterocycles. The van der Waals surface area contributed by atoms with E-state index in [0.29, 0.717) is 16.1 Å². The summed E-state index contributed by atoms with van der Waals surface area (Å²) in [5.74, 6) is 0. The molecule has 0 unspecified atom stereocenters. The molecule has 0 fully saturated rings. The number of benzene rings is 2. The van der Waals surface area contributed by atoms with E-state index in [0.717, 1.165) is 11.2 Å². The molecule has 0 aliphatic carbocycles. The lowest BCUT2D eigenvalue weighted by molar-refractivity contribution is 1.10. The van der Waals surface area contributed by atoms with E-state index in [9.17, 15) is 4.79 Å². The minimum atomic E-state index is 0.00813. The molecule has 0 saturated heterocycles. The molecule has 19 heavy (non-hydrogen) atoms. The topological polar surface area (TPSA) is 48.0 Å². The van der Waals surface area contributed by atoms with Crippen LogP contribution >= 0.6 is 11.6 Å². The number of nitrogen functional groups attached to an aromatic ring is 1. The largest absolute Gasteiger partial charge is 0.397 e. The predicted octanol–water partition coefficient (Wildman–Crippen LogP) is 3.23. The fraction of sp³-hybridized carbons (Fsp3) is 0. The minimum absolute atomic E-state index is 0.00813. The lowest BCUT2D eigenvalue weighted by Gasteiger charge is -2.11. The van der Waals surface area contributed by atoms with Gasteiger partial charge in [-0.1, -0.05) is 23.7 Å². The van der Waals surface area contributed by atoms with Gasteiger partial charge in [-0.25, -0.2) is 0 Å². The van der Waals surface area contributed by atoms with Gasteiger partial charge >= 0.3 is 0 Å². The molecule has 4 heteroatoms. The van der Waals surface area contributed by atoms with Gasteiger partial charge in [-0.2, -0.15) is 0 Å². The first-order chi connectivity index (χ1) is 9.16. The fourth-order valence-corrected chi connectivity index (χ4v) is 2.23. The number of hydrogen-bond acceptors (Lipinski definition) is 2. The van der Waals surface area contributed by atoms with Crippen LogP contribution in [-0.4, -0.2) is 4.57 Å². The second-order valence-electron chi connectivity index (χ2n) is 4.27. The molecule has 3 rings (SSSR count). The molecule has 0 radical (unpaired) electrons. The summed E-state index contributed by atoms with van der Waals surface area (Å²) in [6, 6.07) is 14.4. The zero-order valence-corrected chi connectivity index (χ0v) is 10.8. The maximum Gasteiger partial charge on any atom is 0.189 e. The average molecular weight is 271 g/mol. The number of rotatable bonds is 1. The van der Waals surface area contributed by atoms with Gasteiger partial charge in [-0.05, 0) is 30.3 Å². The average Bonchev–Trinajstić information content (AvgIpc) is 2.43. The number of pyridine rings is 1. The van der Waals surface area contributed by atoms with Crippen LogP contribution in [0.2, 0.25) is 5.02 Å². The zero-order chi connectivity index (χ0) is 13.4. The highest BCUT2D eigenvalue weighted by atomic mass is 35.5. The highest BCUT2D eigenvalue weighted by Gasteiger charge is 2.05. The second kappa shape index (κ2) is 4.44. The van der Waals surface area contributed by atoms with E-state index < -0.39 is 0 Å². The van der Waals surface area contributed by atoms with Crippen LogP contribution < -0.4 is 11.2 Å². The monoisotopic (exact) mass is 270 g/mol. The SMILES string of the molecule is Nc1cc(-n2ccc(=O)c3ccccc32)ccc1Cl. The lowest BCUT2D eigenvalue weighted by Crippen LogP contribution is -2.06. The molecule has 0 saturated carbocycles. The molecule has 94 valence electrons. The van der Waals surface area contributed by atoms with Crippen LogP contribution in [0, 0.1) is 0 Å². The van der Waals surface area contributed by atoms with E-state index in [4.69, 9.17) is 17.3 Å². The maximum absolute atomic E-state index is 11.8. The first-order valence-electron chi connectivity index (χ1n) is 5.82. The van der Waals surface area contributed by atoms with Crippen molar-refractivity contribution in [1.82, 2.24) is 4.57 Å². The Labute approximate surface area is 114 Å². The number of nitrogens with two attached hydrogens (primary N) is 1. The van der Waals surface area contributed by atoms with E-state index in [1.807, 2.05) is 34.9 Å². The Kier molecular flexibility index (Phi) is 2.76. The van der Waals surface area contributed by atoms with Gasteiger partial charge in [-0.3, -0.25) is 4.79 Å². The Bertz CT molecular complexity index is 824. The molecular formula is C15H11ClN2O. The number of nitrogens with zero attached hydrogens (tertiary/aromatic N) is 1. The Morgan fingerprint density at radius 1 is 1.05 bits per heavy atom. The summed E-state index contributed by atoms with van der Waals surface area (Å²) in [4.78, 5) is 11.8. The number of hydrogen-bond donors (Lipinski definition) is 1. The van der Waals surface area contributed by atoms with Gasteiger partial charge < -0.3 is 10.3 Å². The van der Waals surface area contributed by atoms with Crippen LogP contribution in [0.25, 0.3) is 16.6 Å². The van der Waals surface area contributed by atoms with Gasteiger partial charge in [0.05, 0.1) is 16.2 Å². The van der Waals surface area contributed by atoms with Crippen molar-refractivity contribution < 1.29 is 0 Å². The molecule has 0 aliphatic heterocycles. The van der Waals surface area contributed by atoms with Crippen molar-refractivity contribution in [2.75, 3.05) is 5.73 Å². The molecule has 1 heterocycles. The highest BCUT2D eigenvalue weighted by molar-refractivity contribution is 6.33. The zero-order valence-electron chi connectivity index (χ0n) is 10.0. The number of fused-ring (bicyclic) bond motifs is 1. The van der Waals surface area contributed by atoms with Crippen molar-refractivity contribution in [3.63, 3.8) is 0 Å². The molecule has 2 aromatic carbocycles. The molecule has 2 N–H and O–H groups in total. The second-order valence-corrected chi connectivity index (χ2v) is 4.68. The third-order valence-electron chi connectivity index (χ3n) is 3.06. The normalized spacial score (nSPS) is 10.8. The third kappa shape index (κ3) is 1.98. The van der Waals surface area contributed by atoms with E-state index >= 15 is 0 Å². The van der Waals surface area contributed by atoms with Crippen molar-refractivity contribution >= 4 is 28.2 Å². The molecule has 0 spiro atoms. The summed E-state index contributed by atoms with van der Waals surface area (Å²) < 4.78 is 1.92. The van der Waals surface area contributed by atoms with Gasteiger partial charge in [0.2, 0.25) is 0 Å². The van der Waals surface area contributed by atoms with Crippen LogP contribution in [0.1, 0.15) is 0 Å². The van der Waals surface area contributed by atoms with Gasteiger partial charge in [0.15, 0.2) is 5.43 Å². The van der Waals surface area contributed by atoms with Crippen molar-refractivity contribution in [2.24, 2.45) is 0 Å². The Morgan fingerprint density at radius 2 is 1.84 bits per heavy atom. The van der Waals surface area contributed by atoms with Crippen LogP contribution in [-0.2, 0) is 0 Å². The van der Waals surface area contributed by atoms with Crippen LogP contribution in [0.4, 0.5) is 5.69 Å². The number of halogens is 1. The van der Waals surface area contributed by atoms with E-state index in [-0.39, 0.29) is 5.43 Å². The van der Waals surface area contributed by atoms with Crippen molar-refractivity contribution in [2.45, 2.75) is 0 Å². The molecule has 0 amide bonds. The van der Waals surface area contributed by atoms with E-state index in [1.165, 1.54) is 0 Å². The number of aromatic nitrogens is 1. The number of para-hydroxylation sites is 1. The summed E-state index contributed by atoms with van der Waals surface area (Å²) in [5.41, 5.74) is 8.07. The molecule has 0 bridgehead atoms. The molecule has 3 nitrogen and oxygen atoms in total. The highest BCUT2D eigenvalue weighted by Crippen LogP contribution is 2.23. The standard InChI is InChI=1S/C15H11ClN2O/c16-12-6-5-10(9-13(12)17)18-8-7-15(19)11-3-1-2-4-14(11)18/h1-9H,17H2. The smallest absolute Gasteiger partial charge is 0.189 e. The van der Waals surface area contributed by atoms with Crippen LogP contribution in [0.5, 0.6) is 0 Å². The quantitative estimate of drug-likeness (QED) is 0.690. The molecular weight excluding hydrogens is 260 g/mol. The lowest BCUT2D eigenvalue weighted by atomic mass is 10.2. The Balaban J connectivity index is 2.34. The molecule has 0 atom stereocenters. The van der Waals surface area contributed by atoms with Gasteiger partial charge in [0.25, 0.3) is 0 Å². The Hall–Kier alpha value is -2.26. The van der Waals surface area contributed by atoms with Crippen LogP contribution in [0.3, 0.4) is 0 Å². The van der Waals surface area contributed by atoms with Crippen LogP contribution in [0.15, 0.2) is 59.5 Å². The minimum Gasteiger partial charge on any atom is -0.397 e. The first-order valence-corrected chi connectivity index (χ1v) is 6.20. The Morgan fingerprint density at radius 3 is 2.63 bits per heavy atom. The summed E-state index contributed by atoms with van der Waals surface area (Å²) in [7, 11) is 0. The van der Waals surface area contributed by atoms with E-state index in [1.54, 1.807) is 24.4 Å². The molecule has 0 aliphatic rings. The summed E-state index contributed by atoms with van der Waals surface area (Å²) in [5, 5.41) is 1.20. The predicted molar refractivity (Wildman–Crippen MR) is 79.0 cm³/mol. The molecule has 3 aromatic rings. The van der Waals surface area contributed by atoms with Gasteiger partial charge in [-0.15, -0.1) is 0 Å². The third-order valence-corrected chi connectivity index (χ3v) is 3.41.